The van der Waals surface area contributed by atoms with Crippen LogP contribution in [0.5, 0.6) is 0 Å². The van der Waals surface area contributed by atoms with Gasteiger partial charge in [0.05, 0.1) is 20.6 Å². The third kappa shape index (κ3) is 5.81. The second kappa shape index (κ2) is 12.3. The van der Waals surface area contributed by atoms with E-state index in [1.54, 1.807) is 0 Å². The van der Waals surface area contributed by atoms with E-state index in [-0.39, 0.29) is 11.7 Å². The Morgan fingerprint density at radius 1 is 0.732 bits per heavy atom. The molecule has 3 nitrogen and oxygen atoms in total. The van der Waals surface area contributed by atoms with E-state index in [2.05, 4.69) is 65.6 Å². The first-order chi connectivity index (χ1) is 20.1. The van der Waals surface area contributed by atoms with E-state index in [0.717, 1.165) is 41.7 Å². The predicted molar refractivity (Wildman–Crippen MR) is 168 cm³/mol. The number of nitrogens with zero attached hydrogens (tertiary/aromatic N) is 1. The van der Waals surface area contributed by atoms with Crippen molar-refractivity contribution in [2.24, 2.45) is 11.8 Å². The summed E-state index contributed by atoms with van der Waals surface area (Å²) in [7, 11) is -1.45. The highest BCUT2D eigenvalue weighted by Gasteiger charge is 2.36. The molecule has 2 unspecified atom stereocenters. The maximum absolute atomic E-state index is 13.8. The van der Waals surface area contributed by atoms with Gasteiger partial charge in [0.25, 0.3) is 0 Å². The topological polar surface area (TPSA) is 37.4 Å². The van der Waals surface area contributed by atoms with E-state index in [4.69, 9.17) is 0 Å². The van der Waals surface area contributed by atoms with Crippen LogP contribution in [0, 0.1) is 11.8 Å². The molecule has 1 aliphatic rings. The lowest BCUT2D eigenvalue weighted by Crippen LogP contribution is -2.51. The molecule has 6 rings (SSSR count). The molecule has 206 valence electrons. The van der Waals surface area contributed by atoms with Gasteiger partial charge in [-0.1, -0.05) is 122 Å². The highest BCUT2D eigenvalue weighted by atomic mass is 32.2. The van der Waals surface area contributed by atoms with Crippen LogP contribution in [-0.2, 0) is 10.8 Å². The van der Waals surface area contributed by atoms with Crippen LogP contribution in [0.3, 0.4) is 0 Å². The van der Waals surface area contributed by atoms with Crippen molar-refractivity contribution in [2.75, 3.05) is 19.6 Å². The van der Waals surface area contributed by atoms with E-state index < -0.39 is 10.8 Å². The summed E-state index contributed by atoms with van der Waals surface area (Å²) in [5, 5.41) is 2.01. The van der Waals surface area contributed by atoms with Crippen molar-refractivity contribution in [1.29, 1.82) is 0 Å². The zero-order valence-electron chi connectivity index (χ0n) is 23.4. The third-order valence-electron chi connectivity index (χ3n) is 8.55. The summed E-state index contributed by atoms with van der Waals surface area (Å²) < 4.78 is 13.8. The van der Waals surface area contributed by atoms with E-state index >= 15 is 0 Å². The van der Waals surface area contributed by atoms with Crippen LogP contribution < -0.4 is 0 Å². The quantitative estimate of drug-likeness (QED) is 0.163. The zero-order valence-corrected chi connectivity index (χ0v) is 24.2. The molecule has 1 fully saturated rings. The molecule has 1 heterocycles. The number of carbonyl (C=O) groups excluding carboxylic acids is 1. The number of Topliss-reactive ketones (excluding diaryl/α,β-unsaturated/α-hetero) is 1. The Morgan fingerprint density at radius 3 is 2.00 bits per heavy atom. The van der Waals surface area contributed by atoms with Crippen molar-refractivity contribution in [3.8, 4) is 0 Å². The van der Waals surface area contributed by atoms with Crippen molar-refractivity contribution in [2.45, 2.75) is 29.1 Å². The Morgan fingerprint density at radius 2 is 1.29 bits per heavy atom. The molecule has 0 aromatic heterocycles. The third-order valence-corrected chi connectivity index (χ3v) is 10.1. The van der Waals surface area contributed by atoms with Crippen molar-refractivity contribution < 1.29 is 9.00 Å². The summed E-state index contributed by atoms with van der Waals surface area (Å²) in [4.78, 5) is 17.6. The van der Waals surface area contributed by atoms with E-state index in [1.165, 1.54) is 11.1 Å². The van der Waals surface area contributed by atoms with Crippen LogP contribution in [0.25, 0.3) is 10.8 Å². The molecule has 5 aromatic rings. The molecule has 1 aliphatic heterocycles. The first-order valence-corrected chi connectivity index (χ1v) is 15.6. The number of hydrogen-bond acceptors (Lipinski definition) is 3. The fraction of sp³-hybridized carbons (Fsp3) is 0.216. The highest BCUT2D eigenvalue weighted by Crippen LogP contribution is 2.33. The summed E-state index contributed by atoms with van der Waals surface area (Å²) in [5.74, 6) is 0.612. The molecular weight excluding hydrogens is 522 g/mol. The number of ketones is 1. The molecule has 1 saturated heterocycles. The lowest BCUT2D eigenvalue weighted by molar-refractivity contribution is 0.0504. The first-order valence-electron chi connectivity index (χ1n) is 14.4. The molecule has 0 radical (unpaired) electrons. The minimum Gasteiger partial charge on any atom is -0.303 e. The molecule has 2 atom stereocenters. The maximum Gasteiger partial charge on any atom is 0.167 e. The molecule has 0 amide bonds. The molecular formula is C37H35NO2S. The second-order valence-electron chi connectivity index (χ2n) is 11.1. The average molecular weight is 558 g/mol. The number of hydrogen-bond donors (Lipinski definition) is 0. The van der Waals surface area contributed by atoms with Crippen LogP contribution in [-0.4, -0.2) is 34.5 Å². The van der Waals surface area contributed by atoms with Crippen molar-refractivity contribution in [3.05, 3.63) is 144 Å². The minimum absolute atomic E-state index is 0.0882. The van der Waals surface area contributed by atoms with Crippen LogP contribution in [0.4, 0.5) is 0 Å². The van der Waals surface area contributed by atoms with Crippen LogP contribution in [0.2, 0.25) is 0 Å². The largest absolute Gasteiger partial charge is 0.303 e. The standard InChI is InChI=1S/C37H35NO2S/c1-27(31-25-38(26-31)24-23-32(28-13-4-2-5-14-28)29-15-6-3-7-16-29)37(39)34-20-10-11-21-36(34)41(40)35-22-12-18-30-17-8-9-19-33(30)35/h2-22,27,31-32H,23-26H2,1H3. The Kier molecular flexibility index (Phi) is 8.22. The zero-order chi connectivity index (χ0) is 28.2. The van der Waals surface area contributed by atoms with Gasteiger partial charge in [-0.05, 0) is 52.9 Å². The molecule has 0 aliphatic carbocycles. The summed E-state index contributed by atoms with van der Waals surface area (Å²) >= 11 is 0. The Bertz CT molecular complexity index is 1620. The first kappa shape index (κ1) is 27.3. The van der Waals surface area contributed by atoms with Crippen molar-refractivity contribution in [1.82, 2.24) is 4.90 Å². The Balaban J connectivity index is 1.13. The van der Waals surface area contributed by atoms with Crippen LogP contribution in [0.15, 0.2) is 137 Å². The van der Waals surface area contributed by atoms with Crippen molar-refractivity contribution >= 4 is 27.4 Å². The second-order valence-corrected chi connectivity index (χ2v) is 12.5. The molecule has 0 spiro atoms. The molecule has 0 bridgehead atoms. The summed E-state index contributed by atoms with van der Waals surface area (Å²) in [6, 6.07) is 42.8. The molecule has 4 heteroatoms. The van der Waals surface area contributed by atoms with Gasteiger partial charge in [-0.3, -0.25) is 4.79 Å². The lowest BCUT2D eigenvalue weighted by Gasteiger charge is -2.42. The fourth-order valence-electron chi connectivity index (χ4n) is 6.08. The van der Waals surface area contributed by atoms with Crippen LogP contribution >= 0.6 is 0 Å². The van der Waals surface area contributed by atoms with Gasteiger partial charge in [0.2, 0.25) is 0 Å². The van der Waals surface area contributed by atoms with Gasteiger partial charge in [-0.15, -0.1) is 0 Å². The monoisotopic (exact) mass is 557 g/mol. The smallest absolute Gasteiger partial charge is 0.167 e. The van der Waals surface area contributed by atoms with Gasteiger partial charge in [-0.25, -0.2) is 4.21 Å². The van der Waals surface area contributed by atoms with Gasteiger partial charge in [0.1, 0.15) is 0 Å². The minimum atomic E-state index is -1.45. The molecule has 0 saturated carbocycles. The predicted octanol–water partition coefficient (Wildman–Crippen LogP) is 7.98. The number of rotatable bonds is 10. The number of fused-ring (bicyclic) bond motifs is 1. The van der Waals surface area contributed by atoms with E-state index in [0.29, 0.717) is 22.3 Å². The molecule has 41 heavy (non-hydrogen) atoms. The Hall–Kier alpha value is -3.86. The number of carbonyl (C=O) groups is 1. The number of benzene rings is 5. The summed E-state index contributed by atoms with van der Waals surface area (Å²) in [6.45, 7) is 4.86. The SMILES string of the molecule is CC(C(=O)c1ccccc1S(=O)c1cccc2ccccc12)C1CN(CCC(c2ccccc2)c2ccccc2)C1. The van der Waals surface area contributed by atoms with Gasteiger partial charge in [-0.2, -0.15) is 0 Å². The van der Waals surface area contributed by atoms with E-state index in [9.17, 15) is 9.00 Å². The fourth-order valence-corrected chi connectivity index (χ4v) is 7.48. The maximum atomic E-state index is 13.8. The summed E-state index contributed by atoms with van der Waals surface area (Å²) in [6.07, 6.45) is 1.04. The normalized spacial score (nSPS) is 15.5. The van der Waals surface area contributed by atoms with Gasteiger partial charge < -0.3 is 4.90 Å². The highest BCUT2D eigenvalue weighted by molar-refractivity contribution is 7.85. The molecule has 0 N–H and O–H groups in total. The van der Waals surface area contributed by atoms with Gasteiger partial charge >= 0.3 is 0 Å². The van der Waals surface area contributed by atoms with Crippen LogP contribution in [0.1, 0.15) is 40.7 Å². The van der Waals surface area contributed by atoms with Crippen molar-refractivity contribution in [3.63, 3.8) is 0 Å². The summed E-state index contributed by atoms with van der Waals surface area (Å²) in [5.41, 5.74) is 3.27. The van der Waals surface area contributed by atoms with Gasteiger partial charge in [0.15, 0.2) is 5.78 Å². The number of likely N-dealkylation sites (tertiary alicyclic amines) is 1. The lowest BCUT2D eigenvalue weighted by atomic mass is 9.81. The van der Waals surface area contributed by atoms with Gasteiger partial charge in [0, 0.05) is 30.5 Å². The van der Waals surface area contributed by atoms with E-state index in [1.807, 2.05) is 73.7 Å². The molecule has 5 aromatic carbocycles. The Labute approximate surface area is 245 Å². The average Bonchev–Trinajstić information content (AvgIpc) is 3.02.